The summed E-state index contributed by atoms with van der Waals surface area (Å²) < 4.78 is 68.1. The number of ether oxygens (including phenoxy) is 4. The van der Waals surface area contributed by atoms with Gasteiger partial charge >= 0.3 is 39.5 Å². The number of esters is 4. The average Bonchev–Trinajstić information content (AvgIpc) is 3.57. The fraction of sp³-hybridized carbons (Fsp3) is 0.943. The lowest BCUT2D eigenvalue weighted by Crippen LogP contribution is -2.30. The zero-order chi connectivity index (χ0) is 65.7. The summed E-state index contributed by atoms with van der Waals surface area (Å²) in [6, 6.07) is 0. The molecule has 2 unspecified atom stereocenters. The van der Waals surface area contributed by atoms with Crippen LogP contribution in [0.4, 0.5) is 0 Å². The van der Waals surface area contributed by atoms with Gasteiger partial charge in [-0.15, -0.1) is 0 Å². The van der Waals surface area contributed by atoms with Crippen LogP contribution in [0.15, 0.2) is 0 Å². The summed E-state index contributed by atoms with van der Waals surface area (Å²) in [5, 5.41) is 10.6. The Balaban J connectivity index is 5.16. The van der Waals surface area contributed by atoms with Crippen LogP contribution in [0.5, 0.6) is 0 Å². The van der Waals surface area contributed by atoms with Crippen LogP contribution in [-0.2, 0) is 65.4 Å². The first-order valence-electron chi connectivity index (χ1n) is 36.5. The average molecular weight is 1310 g/mol. The summed E-state index contributed by atoms with van der Waals surface area (Å²) in [6.07, 6.45) is 47.4. The summed E-state index contributed by atoms with van der Waals surface area (Å²) in [5.74, 6) is -0.537. The predicted octanol–water partition coefficient (Wildman–Crippen LogP) is 20.0. The lowest BCUT2D eigenvalue weighted by atomic mass is 10.0. The minimum atomic E-state index is -4.95. The summed E-state index contributed by atoms with van der Waals surface area (Å²) in [5.41, 5.74) is 0. The molecule has 0 heterocycles. The normalized spacial score (nSPS) is 14.1. The van der Waals surface area contributed by atoms with Crippen molar-refractivity contribution in [1.29, 1.82) is 0 Å². The van der Waals surface area contributed by atoms with Gasteiger partial charge in [-0.2, -0.15) is 0 Å². The Morgan fingerprint density at radius 3 is 0.764 bits per heavy atom. The Morgan fingerprint density at radius 1 is 0.303 bits per heavy atom. The number of hydrogen-bond acceptors (Lipinski definition) is 15. The van der Waals surface area contributed by atoms with Gasteiger partial charge < -0.3 is 33.8 Å². The number of unbranched alkanes of at least 4 members (excludes halogenated alkanes) is 39. The number of phosphoric ester groups is 2. The molecule has 89 heavy (non-hydrogen) atoms. The van der Waals surface area contributed by atoms with Gasteiger partial charge in [0.1, 0.15) is 19.3 Å². The zero-order valence-electron chi connectivity index (χ0n) is 57.7. The molecule has 0 bridgehead atoms. The highest BCUT2D eigenvalue weighted by Gasteiger charge is 2.30. The maximum Gasteiger partial charge on any atom is 0.472 e. The van der Waals surface area contributed by atoms with E-state index in [0.717, 1.165) is 121 Å². The Hall–Kier alpha value is -1.94. The van der Waals surface area contributed by atoms with Gasteiger partial charge in [-0.3, -0.25) is 37.3 Å². The quantitative estimate of drug-likeness (QED) is 0.0222. The van der Waals surface area contributed by atoms with E-state index in [2.05, 4.69) is 41.5 Å². The molecule has 0 radical (unpaired) electrons. The number of hydrogen-bond donors (Lipinski definition) is 3. The molecule has 0 aliphatic rings. The highest BCUT2D eigenvalue weighted by molar-refractivity contribution is 7.47. The molecule has 0 fully saturated rings. The van der Waals surface area contributed by atoms with Gasteiger partial charge in [0.25, 0.3) is 0 Å². The predicted molar refractivity (Wildman–Crippen MR) is 358 cm³/mol. The molecule has 0 aromatic carbocycles. The molecule has 3 N–H and O–H groups in total. The van der Waals surface area contributed by atoms with Gasteiger partial charge in [0.05, 0.1) is 26.4 Å². The van der Waals surface area contributed by atoms with Crippen LogP contribution in [0.2, 0.25) is 0 Å². The first-order valence-corrected chi connectivity index (χ1v) is 39.5. The molecule has 19 heteroatoms. The van der Waals surface area contributed by atoms with Crippen molar-refractivity contribution in [3.8, 4) is 0 Å². The van der Waals surface area contributed by atoms with Crippen LogP contribution in [0.1, 0.15) is 356 Å². The van der Waals surface area contributed by atoms with Crippen molar-refractivity contribution in [3.63, 3.8) is 0 Å². The fourth-order valence-corrected chi connectivity index (χ4v) is 12.2. The third-order valence-corrected chi connectivity index (χ3v) is 18.1. The van der Waals surface area contributed by atoms with E-state index in [1.807, 2.05) is 0 Å². The smallest absolute Gasteiger partial charge is 0.462 e. The summed E-state index contributed by atoms with van der Waals surface area (Å²) >= 11 is 0. The van der Waals surface area contributed by atoms with Crippen molar-refractivity contribution in [3.05, 3.63) is 0 Å². The van der Waals surface area contributed by atoms with E-state index in [4.69, 9.17) is 37.0 Å². The molecule has 0 amide bonds. The van der Waals surface area contributed by atoms with Crippen LogP contribution in [0.25, 0.3) is 0 Å². The summed E-state index contributed by atoms with van der Waals surface area (Å²) in [4.78, 5) is 72.3. The maximum atomic E-state index is 13.0. The number of carbonyl (C=O) groups excluding carboxylic acids is 4. The van der Waals surface area contributed by atoms with Crippen molar-refractivity contribution in [2.24, 2.45) is 11.8 Å². The second-order valence-corrected chi connectivity index (χ2v) is 29.1. The molecule has 0 aromatic rings. The standard InChI is InChI=1S/C70H136O17P2/c1-7-9-11-13-15-35-42-48-54-69(74)86-65(58-80-67(72)52-46-40-32-14-12-10-8-2)60-84-88(76,77)82-56-64(71)57-83-89(78,79)85-61-66(59-81-68(73)53-47-41-36-30-26-23-19-21-25-29-34-39-45-51-63(5)6)87-70(75)55-49-43-37-31-27-22-18-16-17-20-24-28-33-38-44-50-62(3)4/h62-66,71H,7-61H2,1-6H3,(H,76,77)(H,78,79)/t64-,65+,66+/m0/s1. The minimum Gasteiger partial charge on any atom is -0.462 e. The molecule has 0 aliphatic heterocycles. The second kappa shape index (κ2) is 62.2. The highest BCUT2D eigenvalue weighted by Crippen LogP contribution is 2.45. The minimum absolute atomic E-state index is 0.105. The molecule has 0 aromatic heterocycles. The van der Waals surface area contributed by atoms with E-state index in [-0.39, 0.29) is 25.7 Å². The van der Waals surface area contributed by atoms with E-state index in [1.54, 1.807) is 0 Å². The van der Waals surface area contributed by atoms with Crippen LogP contribution in [0, 0.1) is 11.8 Å². The number of aliphatic hydroxyl groups is 1. The van der Waals surface area contributed by atoms with Crippen molar-refractivity contribution in [2.75, 3.05) is 39.6 Å². The molecule has 0 spiro atoms. The van der Waals surface area contributed by atoms with Crippen molar-refractivity contribution >= 4 is 39.5 Å². The number of phosphoric acid groups is 2. The van der Waals surface area contributed by atoms with Crippen LogP contribution < -0.4 is 0 Å². The van der Waals surface area contributed by atoms with Crippen LogP contribution in [-0.4, -0.2) is 96.7 Å². The molecule has 0 saturated carbocycles. The van der Waals surface area contributed by atoms with E-state index in [0.29, 0.717) is 25.7 Å². The molecule has 5 atom stereocenters. The molecule has 528 valence electrons. The van der Waals surface area contributed by atoms with Crippen LogP contribution in [0.3, 0.4) is 0 Å². The summed E-state index contributed by atoms with van der Waals surface area (Å²) in [7, 11) is -9.89. The molecule has 0 aliphatic carbocycles. The number of rotatable bonds is 69. The number of carbonyl (C=O) groups is 4. The van der Waals surface area contributed by atoms with Crippen molar-refractivity contribution < 1.29 is 80.2 Å². The van der Waals surface area contributed by atoms with Gasteiger partial charge in [0.15, 0.2) is 12.2 Å². The van der Waals surface area contributed by atoms with Gasteiger partial charge in [-0.25, -0.2) is 9.13 Å². The third-order valence-electron chi connectivity index (χ3n) is 16.2. The first-order chi connectivity index (χ1) is 42.9. The van der Waals surface area contributed by atoms with Gasteiger partial charge in [0, 0.05) is 25.7 Å². The Kier molecular flexibility index (Phi) is 60.8. The highest BCUT2D eigenvalue weighted by atomic mass is 31.2. The largest absolute Gasteiger partial charge is 0.472 e. The van der Waals surface area contributed by atoms with E-state index >= 15 is 0 Å². The zero-order valence-corrected chi connectivity index (χ0v) is 59.5. The maximum absolute atomic E-state index is 13.0. The first kappa shape index (κ1) is 87.1. The van der Waals surface area contributed by atoms with Crippen molar-refractivity contribution in [2.45, 2.75) is 374 Å². The number of aliphatic hydroxyl groups excluding tert-OH is 1. The molecule has 0 rings (SSSR count). The topological polar surface area (TPSA) is 237 Å². The van der Waals surface area contributed by atoms with Gasteiger partial charge in [0.2, 0.25) is 0 Å². The Bertz CT molecular complexity index is 1730. The lowest BCUT2D eigenvalue weighted by Gasteiger charge is -2.21. The van der Waals surface area contributed by atoms with Gasteiger partial charge in [-0.05, 0) is 37.5 Å². The van der Waals surface area contributed by atoms with E-state index in [9.17, 15) is 43.2 Å². The molecule has 0 saturated heterocycles. The van der Waals surface area contributed by atoms with E-state index in [1.165, 1.54) is 154 Å². The van der Waals surface area contributed by atoms with Gasteiger partial charge in [-0.1, -0.05) is 305 Å². The second-order valence-electron chi connectivity index (χ2n) is 26.2. The fourth-order valence-electron chi connectivity index (χ4n) is 10.6. The molecule has 17 nitrogen and oxygen atoms in total. The SMILES string of the molecule is CCCCCCCCCCC(=O)O[C@H](COC(=O)CCCCCCCCC)COP(=O)(O)OC[C@H](O)COP(=O)(O)OC[C@@H](COC(=O)CCCCCCCCCCCCCCCC(C)C)OC(=O)CCCCCCCCCCCCCCCCCC(C)C. The van der Waals surface area contributed by atoms with E-state index < -0.39 is 97.5 Å². The molecular weight excluding hydrogens is 1170 g/mol. The monoisotopic (exact) mass is 1310 g/mol. The van der Waals surface area contributed by atoms with Crippen LogP contribution >= 0.6 is 15.6 Å². The lowest BCUT2D eigenvalue weighted by molar-refractivity contribution is -0.161. The summed E-state index contributed by atoms with van der Waals surface area (Å²) in [6.45, 7) is 9.52. The van der Waals surface area contributed by atoms with Crippen molar-refractivity contribution in [1.82, 2.24) is 0 Å². The third kappa shape index (κ3) is 64.6. The molecular formula is C70H136O17P2. The Morgan fingerprint density at radius 2 is 0.517 bits per heavy atom. The Labute approximate surface area is 543 Å².